The van der Waals surface area contributed by atoms with Gasteiger partial charge in [-0.15, -0.1) is 11.6 Å². The fourth-order valence-electron chi connectivity index (χ4n) is 4.15. The molecule has 0 saturated heterocycles. The van der Waals surface area contributed by atoms with Gasteiger partial charge in [0.15, 0.2) is 22.5 Å². The highest BCUT2D eigenvalue weighted by molar-refractivity contribution is 6.29. The third-order valence-corrected chi connectivity index (χ3v) is 6.08. The van der Waals surface area contributed by atoms with Crippen LogP contribution in [0.3, 0.4) is 0 Å². The van der Waals surface area contributed by atoms with Crippen molar-refractivity contribution in [1.82, 2.24) is 29.7 Å². The quantitative estimate of drug-likeness (QED) is 0.278. The number of rotatable bonds is 10. The van der Waals surface area contributed by atoms with Gasteiger partial charge in [-0.3, -0.25) is 9.59 Å². The van der Waals surface area contributed by atoms with E-state index in [4.69, 9.17) is 17.3 Å². The Balaban J connectivity index is 0.00000181. The number of nitrogens with one attached hydrogen (secondary N) is 1. The van der Waals surface area contributed by atoms with E-state index in [1.54, 1.807) is 4.90 Å². The molecule has 0 unspecified atom stereocenters. The number of aryl methyl sites for hydroxylation is 2. The Kier molecular flexibility index (Phi) is 14.8. The number of amides is 2. The van der Waals surface area contributed by atoms with Crippen molar-refractivity contribution < 1.29 is 14.2 Å². The highest BCUT2D eigenvalue weighted by Crippen LogP contribution is 2.19. The van der Waals surface area contributed by atoms with Crippen LogP contribution in [0.4, 0.5) is 5.82 Å². The molecule has 0 atom stereocenters. The first-order chi connectivity index (χ1) is 18.7. The number of carbonyl (C=O) groups excluding carboxylic acids is 2. The lowest BCUT2D eigenvalue weighted by Gasteiger charge is -2.18. The molecule has 2 aromatic heterocycles. The highest BCUT2D eigenvalue weighted by atomic mass is 35.5. The average Bonchev–Trinajstić information content (AvgIpc) is 3.25. The monoisotopic (exact) mass is 581 g/mol. The Morgan fingerprint density at radius 1 is 1.13 bits per heavy atom. The second-order valence-corrected chi connectivity index (χ2v) is 8.99. The fraction of sp³-hybridized carbons (Fsp3) is 0.519. The van der Waals surface area contributed by atoms with Gasteiger partial charge in [-0.2, -0.15) is 0 Å². The van der Waals surface area contributed by atoms with Gasteiger partial charge >= 0.3 is 0 Å². The average molecular weight is 583 g/mol. The van der Waals surface area contributed by atoms with E-state index in [1.807, 2.05) is 67.0 Å². The number of nitrogens with two attached hydrogens (primary N) is 1. The van der Waals surface area contributed by atoms with Crippen molar-refractivity contribution in [2.24, 2.45) is 0 Å². The third-order valence-electron chi connectivity index (χ3n) is 5.90. The number of fused-ring (bicyclic) bond motifs is 1. The largest absolute Gasteiger partial charge is 0.382 e. The Bertz CT molecular complexity index is 1230. The van der Waals surface area contributed by atoms with Crippen molar-refractivity contribution in [3.63, 3.8) is 0 Å². The smallest absolute Gasteiger partial charge is 0.277 e. The number of anilines is 1. The van der Waals surface area contributed by atoms with Gasteiger partial charge in [0.1, 0.15) is 11.7 Å². The molecule has 0 aliphatic heterocycles. The van der Waals surface area contributed by atoms with Crippen LogP contribution < -0.4 is 15.6 Å². The summed E-state index contributed by atoms with van der Waals surface area (Å²) >= 11 is 10.5. The number of nitrogen functional groups attached to an aromatic ring is 1. The van der Waals surface area contributed by atoms with Crippen molar-refractivity contribution in [2.45, 2.75) is 53.8 Å². The molecule has 0 radical (unpaired) electrons. The summed E-state index contributed by atoms with van der Waals surface area (Å²) < 4.78 is 4.23. The summed E-state index contributed by atoms with van der Waals surface area (Å²) in [6, 6.07) is 5.77. The van der Waals surface area contributed by atoms with Crippen LogP contribution in [0.25, 0.3) is 11.0 Å². The predicted octanol–water partition coefficient (Wildman–Crippen LogP) is 3.83. The van der Waals surface area contributed by atoms with Gasteiger partial charge in [0.2, 0.25) is 0 Å². The topological polar surface area (TPSA) is 113 Å². The number of hydrogen-bond donors (Lipinski definition) is 2. The predicted molar refractivity (Wildman–Crippen MR) is 159 cm³/mol. The van der Waals surface area contributed by atoms with E-state index < -0.39 is 5.91 Å². The van der Waals surface area contributed by atoms with Gasteiger partial charge in [-0.05, 0) is 53.0 Å². The summed E-state index contributed by atoms with van der Waals surface area (Å²) in [4.78, 5) is 37.6. The zero-order valence-electron chi connectivity index (χ0n) is 24.4. The number of halogens is 2. The lowest BCUT2D eigenvalue weighted by Crippen LogP contribution is -2.40. The van der Waals surface area contributed by atoms with Gasteiger partial charge in [0, 0.05) is 31.6 Å². The molecule has 3 aromatic rings. The van der Waals surface area contributed by atoms with Crippen LogP contribution in [0.1, 0.15) is 60.8 Å². The van der Waals surface area contributed by atoms with Crippen LogP contribution in [0.5, 0.6) is 0 Å². The molecule has 0 saturated carbocycles. The van der Waals surface area contributed by atoms with E-state index in [1.165, 1.54) is 12.6 Å². The standard InChI is InChI=1S/C24H33ClN8O2.C2H6.CH3Cl/c1-6-32-17-10-9-16(24(35)31(5)12-8-11-30(3)4)13-18(17)33(7-2)20(32)15-28-23(34)21-22(26)27-14-19(25)29-21;2*1-2/h9-10,13-14H,6-8,11-12,15H2,1-5H3,(H2-,26,27,28,34);1-2H3;1H3/p+1. The molecular weight excluding hydrogens is 539 g/mol. The Hall–Kier alpha value is -2.95. The third kappa shape index (κ3) is 8.78. The lowest BCUT2D eigenvalue weighted by atomic mass is 10.1. The highest BCUT2D eigenvalue weighted by Gasteiger charge is 2.26. The molecule has 39 heavy (non-hydrogen) atoms. The second kappa shape index (κ2) is 16.9. The summed E-state index contributed by atoms with van der Waals surface area (Å²) in [6.45, 7) is 11.3. The maximum atomic E-state index is 13.1. The number of benzene rings is 1. The van der Waals surface area contributed by atoms with E-state index in [2.05, 4.69) is 40.9 Å². The normalized spacial score (nSPS) is 10.4. The van der Waals surface area contributed by atoms with Crippen LogP contribution in [-0.2, 0) is 19.6 Å². The number of hydrogen-bond acceptors (Lipinski definition) is 6. The van der Waals surface area contributed by atoms with Gasteiger partial charge in [0.25, 0.3) is 17.6 Å². The van der Waals surface area contributed by atoms with E-state index in [0.29, 0.717) is 25.2 Å². The second-order valence-electron chi connectivity index (χ2n) is 8.60. The molecule has 3 N–H and O–H groups in total. The Morgan fingerprint density at radius 3 is 2.38 bits per heavy atom. The maximum absolute atomic E-state index is 13.1. The molecule has 0 spiro atoms. The Morgan fingerprint density at radius 2 is 1.79 bits per heavy atom. The molecular formula is C27H43Cl2N8O2+. The molecule has 1 aromatic carbocycles. The van der Waals surface area contributed by atoms with Crippen LogP contribution in [0, 0.1) is 0 Å². The van der Waals surface area contributed by atoms with E-state index in [-0.39, 0.29) is 29.1 Å². The molecule has 2 amide bonds. The summed E-state index contributed by atoms with van der Waals surface area (Å²) in [5, 5.41) is 2.98. The lowest BCUT2D eigenvalue weighted by molar-refractivity contribution is -0.676. The van der Waals surface area contributed by atoms with Crippen LogP contribution in [0.2, 0.25) is 5.15 Å². The molecule has 0 bridgehead atoms. The van der Waals surface area contributed by atoms with Gasteiger partial charge in [-0.1, -0.05) is 25.4 Å². The van der Waals surface area contributed by atoms with Gasteiger partial charge in [0.05, 0.1) is 19.3 Å². The molecule has 3 rings (SSSR count). The maximum Gasteiger partial charge on any atom is 0.277 e. The van der Waals surface area contributed by atoms with Crippen molar-refractivity contribution in [2.75, 3.05) is 46.3 Å². The molecule has 0 aliphatic rings. The van der Waals surface area contributed by atoms with Gasteiger partial charge in [-0.25, -0.2) is 19.1 Å². The number of aromatic nitrogens is 4. The van der Waals surface area contributed by atoms with Crippen molar-refractivity contribution in [3.05, 3.63) is 46.6 Å². The van der Waals surface area contributed by atoms with Crippen LogP contribution >= 0.6 is 23.2 Å². The van der Waals surface area contributed by atoms with Crippen LogP contribution in [-0.4, -0.2) is 76.8 Å². The molecule has 2 heterocycles. The first-order valence-electron chi connectivity index (χ1n) is 13.1. The summed E-state index contributed by atoms with van der Waals surface area (Å²) in [6.07, 6.45) is 3.68. The number of imidazole rings is 1. The fourth-order valence-corrected chi connectivity index (χ4v) is 4.29. The van der Waals surface area contributed by atoms with E-state index in [9.17, 15) is 9.59 Å². The molecule has 216 valence electrons. The zero-order valence-corrected chi connectivity index (χ0v) is 25.9. The summed E-state index contributed by atoms with van der Waals surface area (Å²) in [7, 11) is 5.88. The summed E-state index contributed by atoms with van der Waals surface area (Å²) in [5.74, 6) is 0.450. The molecule has 10 nitrogen and oxygen atoms in total. The Labute approximate surface area is 242 Å². The SMILES string of the molecule is CC.CCl.CCn1c(CNC(=O)c2nc(Cl)cnc2N)[n+](CC)c2ccc(C(=O)N(C)CCCN(C)C)cc21. The van der Waals surface area contributed by atoms with E-state index in [0.717, 1.165) is 29.8 Å². The number of nitrogens with zero attached hydrogens (tertiary/aromatic N) is 6. The van der Waals surface area contributed by atoms with Crippen molar-refractivity contribution in [3.8, 4) is 0 Å². The number of alkyl halides is 1. The first-order valence-corrected chi connectivity index (χ1v) is 14.2. The minimum Gasteiger partial charge on any atom is -0.382 e. The minimum absolute atomic E-state index is 0.00936. The minimum atomic E-state index is -0.455. The molecule has 0 aliphatic carbocycles. The molecule has 12 heteroatoms. The van der Waals surface area contributed by atoms with Crippen molar-refractivity contribution in [1.29, 1.82) is 0 Å². The molecule has 0 fully saturated rings. The van der Waals surface area contributed by atoms with E-state index >= 15 is 0 Å². The van der Waals surface area contributed by atoms with Gasteiger partial charge < -0.3 is 20.9 Å². The van der Waals surface area contributed by atoms with Crippen molar-refractivity contribution >= 4 is 51.9 Å². The first kappa shape index (κ1) is 34.1. The number of carbonyl (C=O) groups is 2. The zero-order chi connectivity index (χ0) is 29.7. The van der Waals surface area contributed by atoms with Crippen LogP contribution in [0.15, 0.2) is 24.4 Å². The summed E-state index contributed by atoms with van der Waals surface area (Å²) in [5.41, 5.74) is 8.36.